The van der Waals surface area contributed by atoms with E-state index in [0.29, 0.717) is 38.3 Å². The van der Waals surface area contributed by atoms with Crippen LogP contribution in [0, 0.1) is 11.8 Å². The first-order valence-corrected chi connectivity index (χ1v) is 11.7. The fourth-order valence-corrected chi connectivity index (χ4v) is 4.44. The highest BCUT2D eigenvalue weighted by Gasteiger charge is 2.22. The first-order valence-electron chi connectivity index (χ1n) is 11.7. The fourth-order valence-electron chi connectivity index (χ4n) is 4.44. The van der Waals surface area contributed by atoms with Gasteiger partial charge >= 0.3 is 5.97 Å². The molecule has 1 amide bonds. The SMILES string of the molecule is C[C@H]1CC[C@H](n2cnc(CC(CCCNC(=O)[C@@H](N)Cc3ccccc3)C(=O)O)c2)CC1. The number of carboxylic acids is 1. The Labute approximate surface area is 190 Å². The smallest absolute Gasteiger partial charge is 0.306 e. The molecule has 1 aliphatic carbocycles. The number of rotatable bonds is 11. The van der Waals surface area contributed by atoms with Gasteiger partial charge in [0.2, 0.25) is 5.91 Å². The van der Waals surface area contributed by atoms with Gasteiger partial charge in [-0.15, -0.1) is 0 Å². The summed E-state index contributed by atoms with van der Waals surface area (Å²) in [5.41, 5.74) is 7.84. The Bertz CT molecular complexity index is 859. The summed E-state index contributed by atoms with van der Waals surface area (Å²) in [5.74, 6) is -0.752. The molecule has 4 N–H and O–H groups in total. The minimum absolute atomic E-state index is 0.207. The third-order valence-electron chi connectivity index (χ3n) is 6.53. The molecule has 0 radical (unpaired) electrons. The second-order valence-corrected chi connectivity index (χ2v) is 9.19. The zero-order valence-electron chi connectivity index (χ0n) is 19.0. The average Bonchev–Trinajstić information content (AvgIpc) is 3.25. The maximum atomic E-state index is 12.2. The van der Waals surface area contributed by atoms with Crippen molar-refractivity contribution in [3.8, 4) is 0 Å². The number of carbonyl (C=O) groups excluding carboxylic acids is 1. The van der Waals surface area contributed by atoms with Gasteiger partial charge in [0.1, 0.15) is 0 Å². The van der Waals surface area contributed by atoms with Crippen LogP contribution in [0.25, 0.3) is 0 Å². The lowest BCUT2D eigenvalue weighted by molar-refractivity contribution is -0.142. The average molecular weight is 441 g/mol. The molecule has 3 rings (SSSR count). The molecule has 0 spiro atoms. The zero-order valence-corrected chi connectivity index (χ0v) is 19.0. The van der Waals surface area contributed by atoms with E-state index in [0.717, 1.165) is 30.0 Å². The summed E-state index contributed by atoms with van der Waals surface area (Å²) in [5, 5.41) is 12.5. The van der Waals surface area contributed by atoms with Crippen LogP contribution in [-0.4, -0.2) is 39.1 Å². The Morgan fingerprint density at radius 2 is 1.91 bits per heavy atom. The van der Waals surface area contributed by atoms with Crippen molar-refractivity contribution in [3.63, 3.8) is 0 Å². The third-order valence-corrected chi connectivity index (χ3v) is 6.53. The minimum atomic E-state index is -0.821. The van der Waals surface area contributed by atoms with Crippen LogP contribution < -0.4 is 11.1 Å². The third kappa shape index (κ3) is 7.19. The van der Waals surface area contributed by atoms with Crippen molar-refractivity contribution < 1.29 is 14.7 Å². The Morgan fingerprint density at radius 3 is 2.59 bits per heavy atom. The zero-order chi connectivity index (χ0) is 22.9. The van der Waals surface area contributed by atoms with Gasteiger partial charge in [0.05, 0.1) is 24.0 Å². The lowest BCUT2D eigenvalue weighted by atomic mass is 9.87. The Morgan fingerprint density at radius 1 is 1.19 bits per heavy atom. The van der Waals surface area contributed by atoms with Gasteiger partial charge < -0.3 is 20.7 Å². The molecule has 1 unspecified atom stereocenters. The number of hydrogen-bond donors (Lipinski definition) is 3. The number of carboxylic acid groups (broad SMARTS) is 1. The van der Waals surface area contributed by atoms with Crippen molar-refractivity contribution in [1.82, 2.24) is 14.9 Å². The number of amides is 1. The maximum Gasteiger partial charge on any atom is 0.306 e. The molecule has 1 saturated carbocycles. The van der Waals surface area contributed by atoms with E-state index in [2.05, 4.69) is 21.8 Å². The normalized spacial score (nSPS) is 20.4. The van der Waals surface area contributed by atoms with Crippen LogP contribution in [0.3, 0.4) is 0 Å². The molecule has 7 nitrogen and oxygen atoms in total. The molecule has 2 atom stereocenters. The van der Waals surface area contributed by atoms with Crippen LogP contribution in [0.4, 0.5) is 0 Å². The summed E-state index contributed by atoms with van der Waals surface area (Å²) in [6, 6.07) is 9.52. The number of imidazole rings is 1. The van der Waals surface area contributed by atoms with Crippen LogP contribution >= 0.6 is 0 Å². The van der Waals surface area contributed by atoms with Gasteiger partial charge in [-0.25, -0.2) is 4.98 Å². The number of aliphatic carboxylic acids is 1. The van der Waals surface area contributed by atoms with Crippen molar-refractivity contribution in [2.75, 3.05) is 6.54 Å². The number of benzene rings is 1. The van der Waals surface area contributed by atoms with Crippen LogP contribution in [0.15, 0.2) is 42.9 Å². The topological polar surface area (TPSA) is 110 Å². The summed E-state index contributed by atoms with van der Waals surface area (Å²) in [4.78, 5) is 28.4. The van der Waals surface area contributed by atoms with Crippen molar-refractivity contribution >= 4 is 11.9 Å². The standard InChI is InChI=1S/C25H36N4O3/c1-18-9-11-22(12-10-18)29-16-21(28-17-29)15-20(25(31)32)8-5-13-27-24(30)23(26)14-19-6-3-2-4-7-19/h2-4,6-7,16-18,20,22-23H,5,8-15,26H2,1H3,(H,27,30)(H,31,32)/t18-,20?,22-,23-/m0/s1. The Balaban J connectivity index is 1.41. The molecule has 1 aromatic carbocycles. The van der Waals surface area contributed by atoms with Crippen LogP contribution in [-0.2, 0) is 22.4 Å². The van der Waals surface area contributed by atoms with Crippen LogP contribution in [0.5, 0.6) is 0 Å². The van der Waals surface area contributed by atoms with Gasteiger partial charge in [0.25, 0.3) is 0 Å². The Hall–Kier alpha value is -2.67. The molecule has 2 aromatic rings. The van der Waals surface area contributed by atoms with Gasteiger partial charge in [-0.1, -0.05) is 37.3 Å². The lowest BCUT2D eigenvalue weighted by Gasteiger charge is -2.26. The van der Waals surface area contributed by atoms with Crippen molar-refractivity contribution in [3.05, 3.63) is 54.1 Å². The molecule has 1 aromatic heterocycles. The molecule has 0 bridgehead atoms. The molecule has 0 aliphatic heterocycles. The minimum Gasteiger partial charge on any atom is -0.481 e. The van der Waals surface area contributed by atoms with E-state index in [-0.39, 0.29) is 5.91 Å². The number of hydrogen-bond acceptors (Lipinski definition) is 4. The summed E-state index contributed by atoms with van der Waals surface area (Å²) >= 11 is 0. The number of carbonyl (C=O) groups is 2. The monoisotopic (exact) mass is 440 g/mol. The number of nitrogens with one attached hydrogen (secondary N) is 1. The van der Waals surface area contributed by atoms with E-state index in [1.807, 2.05) is 42.9 Å². The molecular weight excluding hydrogens is 404 g/mol. The van der Waals surface area contributed by atoms with Gasteiger partial charge in [-0.05, 0) is 56.4 Å². The number of aromatic nitrogens is 2. The summed E-state index contributed by atoms with van der Waals surface area (Å²) in [7, 11) is 0. The second kappa shape index (κ2) is 11.8. The van der Waals surface area contributed by atoms with Crippen LogP contribution in [0.2, 0.25) is 0 Å². The van der Waals surface area contributed by atoms with E-state index >= 15 is 0 Å². The predicted octanol–water partition coefficient (Wildman–Crippen LogP) is 3.34. The van der Waals surface area contributed by atoms with Crippen LogP contribution in [0.1, 0.15) is 62.7 Å². The molecular formula is C25H36N4O3. The highest BCUT2D eigenvalue weighted by atomic mass is 16.4. The summed E-state index contributed by atoms with van der Waals surface area (Å²) in [6.07, 6.45) is 10.6. The van der Waals surface area contributed by atoms with E-state index < -0.39 is 17.9 Å². The first kappa shape index (κ1) is 24.0. The number of nitrogens with two attached hydrogens (primary N) is 1. The fraction of sp³-hybridized carbons (Fsp3) is 0.560. The summed E-state index contributed by atoms with van der Waals surface area (Å²) in [6.45, 7) is 2.71. The molecule has 1 fully saturated rings. The molecule has 174 valence electrons. The van der Waals surface area contributed by atoms with Crippen molar-refractivity contribution in [1.29, 1.82) is 0 Å². The van der Waals surface area contributed by atoms with Gasteiger partial charge in [0, 0.05) is 25.2 Å². The highest BCUT2D eigenvalue weighted by molar-refractivity contribution is 5.81. The largest absolute Gasteiger partial charge is 0.481 e. The predicted molar refractivity (Wildman–Crippen MR) is 124 cm³/mol. The van der Waals surface area contributed by atoms with E-state index in [1.165, 1.54) is 12.8 Å². The van der Waals surface area contributed by atoms with E-state index in [9.17, 15) is 14.7 Å². The second-order valence-electron chi connectivity index (χ2n) is 9.19. The Kier molecular flexibility index (Phi) is 8.85. The van der Waals surface area contributed by atoms with Gasteiger partial charge in [-0.3, -0.25) is 9.59 Å². The molecule has 32 heavy (non-hydrogen) atoms. The molecule has 0 saturated heterocycles. The quantitative estimate of drug-likeness (QED) is 0.464. The molecule has 1 heterocycles. The lowest BCUT2D eigenvalue weighted by Crippen LogP contribution is -2.42. The van der Waals surface area contributed by atoms with Crippen molar-refractivity contribution in [2.24, 2.45) is 17.6 Å². The van der Waals surface area contributed by atoms with Gasteiger partial charge in [-0.2, -0.15) is 0 Å². The van der Waals surface area contributed by atoms with E-state index in [1.54, 1.807) is 0 Å². The summed E-state index contributed by atoms with van der Waals surface area (Å²) < 4.78 is 2.16. The highest BCUT2D eigenvalue weighted by Crippen LogP contribution is 2.31. The van der Waals surface area contributed by atoms with Gasteiger partial charge in [0.15, 0.2) is 0 Å². The molecule has 7 heteroatoms. The number of nitrogens with zero attached hydrogens (tertiary/aromatic N) is 2. The van der Waals surface area contributed by atoms with Crippen molar-refractivity contribution in [2.45, 2.75) is 70.4 Å². The first-order chi connectivity index (χ1) is 15.4. The maximum absolute atomic E-state index is 12.2. The molecule has 1 aliphatic rings. The van der Waals surface area contributed by atoms with E-state index in [4.69, 9.17) is 5.73 Å².